The second-order valence-electron chi connectivity index (χ2n) is 4.75. The van der Waals surface area contributed by atoms with Gasteiger partial charge in [0.05, 0.1) is 30.0 Å². The molecule has 0 radical (unpaired) electrons. The third-order valence-electron chi connectivity index (χ3n) is 3.26. The van der Waals surface area contributed by atoms with Gasteiger partial charge >= 0.3 is 6.03 Å². The van der Waals surface area contributed by atoms with E-state index in [1.807, 2.05) is 6.07 Å². The van der Waals surface area contributed by atoms with Gasteiger partial charge < -0.3 is 14.8 Å². The summed E-state index contributed by atoms with van der Waals surface area (Å²) in [5.41, 5.74) is 1.31. The molecule has 5 nitrogen and oxygen atoms in total. The molecule has 0 aliphatic carbocycles. The first-order chi connectivity index (χ1) is 11.5. The Balaban J connectivity index is 2.05. The number of hydrogen-bond donors (Lipinski definition) is 2. The van der Waals surface area contributed by atoms with Gasteiger partial charge in [-0.3, -0.25) is 0 Å². The number of amides is 2. The van der Waals surface area contributed by atoms with Gasteiger partial charge in [-0.15, -0.1) is 0 Å². The number of methoxy groups -OCH3 is 2. The number of nitrogens with one attached hydrogen (secondary N) is 1. The van der Waals surface area contributed by atoms with E-state index in [9.17, 15) is 4.79 Å². The first-order valence-corrected chi connectivity index (χ1v) is 8.04. The minimum Gasteiger partial charge on any atom is -0.497 e. The van der Waals surface area contributed by atoms with Crippen LogP contribution in [0.2, 0.25) is 10.0 Å². The van der Waals surface area contributed by atoms with Crippen LogP contribution in [0.5, 0.6) is 11.5 Å². The van der Waals surface area contributed by atoms with Crippen LogP contribution in [0.1, 0.15) is 5.56 Å². The van der Waals surface area contributed by atoms with E-state index >= 15 is 0 Å². The number of carbonyl (C=O) groups is 1. The van der Waals surface area contributed by atoms with Crippen molar-refractivity contribution in [2.75, 3.05) is 18.5 Å². The van der Waals surface area contributed by atoms with E-state index in [4.69, 9.17) is 32.7 Å². The molecule has 0 bridgehead atoms. The lowest BCUT2D eigenvalue weighted by Crippen LogP contribution is -2.33. The number of hydrogen-bond acceptors (Lipinski definition) is 4. The van der Waals surface area contributed by atoms with E-state index in [1.54, 1.807) is 44.6 Å². The quantitative estimate of drug-likeness (QED) is 0.739. The highest BCUT2D eigenvalue weighted by Gasteiger charge is 2.14. The number of halogens is 2. The smallest absolute Gasteiger partial charge is 0.332 e. The zero-order valence-electron chi connectivity index (χ0n) is 13.0. The number of urea groups is 1. The summed E-state index contributed by atoms with van der Waals surface area (Å²) >= 11 is 16.0. The van der Waals surface area contributed by atoms with Crippen LogP contribution in [0.4, 0.5) is 10.5 Å². The number of carbonyl (C=O) groups excluding carboxylic acids is 1. The summed E-state index contributed by atoms with van der Waals surface area (Å²) in [6, 6.07) is 9.76. The summed E-state index contributed by atoms with van der Waals surface area (Å²) < 4.78 is 11.6. The number of anilines is 1. The third-order valence-corrected chi connectivity index (χ3v) is 4.42. The van der Waals surface area contributed by atoms with Gasteiger partial charge in [0, 0.05) is 18.2 Å². The molecule has 0 spiro atoms. The molecule has 0 aliphatic heterocycles. The molecule has 1 N–H and O–H groups in total. The molecule has 0 atom stereocenters. The Hall–Kier alpha value is -1.76. The molecule has 8 heteroatoms. The number of benzene rings is 2. The Labute approximate surface area is 156 Å². The van der Waals surface area contributed by atoms with E-state index in [0.29, 0.717) is 27.2 Å². The molecule has 0 fully saturated rings. The zero-order chi connectivity index (χ0) is 17.7. The van der Waals surface area contributed by atoms with Crippen LogP contribution in [-0.2, 0) is 6.54 Å². The summed E-state index contributed by atoms with van der Waals surface area (Å²) in [5, 5.41) is 3.51. The first-order valence-electron chi connectivity index (χ1n) is 6.89. The Morgan fingerprint density at radius 2 is 1.88 bits per heavy atom. The maximum Gasteiger partial charge on any atom is 0.332 e. The molecule has 2 aromatic carbocycles. The fourth-order valence-corrected chi connectivity index (χ4v) is 2.47. The van der Waals surface area contributed by atoms with Gasteiger partial charge in [-0.1, -0.05) is 36.0 Å². The average molecular weight is 387 g/mol. The van der Waals surface area contributed by atoms with Gasteiger partial charge in [0.1, 0.15) is 11.5 Å². The van der Waals surface area contributed by atoms with Gasteiger partial charge in [0.15, 0.2) is 0 Å². The van der Waals surface area contributed by atoms with Crippen molar-refractivity contribution in [1.29, 1.82) is 0 Å². The summed E-state index contributed by atoms with van der Waals surface area (Å²) in [6.45, 7) is 0.268. The Morgan fingerprint density at radius 3 is 2.50 bits per heavy atom. The van der Waals surface area contributed by atoms with E-state index in [1.165, 1.54) is 0 Å². The molecule has 0 saturated heterocycles. The highest BCUT2D eigenvalue weighted by molar-refractivity contribution is 7.82. The minimum atomic E-state index is -0.408. The Kier molecular flexibility index (Phi) is 6.48. The zero-order valence-corrected chi connectivity index (χ0v) is 15.5. The second kappa shape index (κ2) is 8.37. The van der Waals surface area contributed by atoms with Crippen LogP contribution < -0.4 is 19.1 Å². The van der Waals surface area contributed by atoms with Crippen molar-refractivity contribution in [1.82, 2.24) is 5.32 Å². The summed E-state index contributed by atoms with van der Waals surface area (Å²) in [5.74, 6) is 1.29. The second-order valence-corrected chi connectivity index (χ2v) is 5.96. The van der Waals surface area contributed by atoms with Crippen LogP contribution in [-0.4, -0.2) is 20.3 Å². The van der Waals surface area contributed by atoms with Gasteiger partial charge in [0.2, 0.25) is 0 Å². The molecule has 0 saturated carbocycles. The van der Waals surface area contributed by atoms with E-state index in [0.717, 1.165) is 9.87 Å². The van der Waals surface area contributed by atoms with E-state index < -0.39 is 6.03 Å². The lowest BCUT2D eigenvalue weighted by atomic mass is 10.2. The van der Waals surface area contributed by atoms with E-state index in [-0.39, 0.29) is 6.54 Å². The van der Waals surface area contributed by atoms with E-state index in [2.05, 4.69) is 18.1 Å². The van der Waals surface area contributed by atoms with Crippen molar-refractivity contribution in [2.24, 2.45) is 0 Å². The van der Waals surface area contributed by atoms with Gasteiger partial charge in [0.25, 0.3) is 0 Å². The summed E-state index contributed by atoms with van der Waals surface area (Å²) in [4.78, 5) is 12.2. The summed E-state index contributed by atoms with van der Waals surface area (Å²) in [6.07, 6.45) is 0. The lowest BCUT2D eigenvalue weighted by Gasteiger charge is -2.18. The predicted molar refractivity (Wildman–Crippen MR) is 99.7 cm³/mol. The first kappa shape index (κ1) is 18.6. The normalized spacial score (nSPS) is 10.2. The van der Waals surface area contributed by atoms with Crippen LogP contribution in [0.25, 0.3) is 0 Å². The van der Waals surface area contributed by atoms with Crippen LogP contribution in [0.3, 0.4) is 0 Å². The average Bonchev–Trinajstić information content (AvgIpc) is 2.61. The number of ether oxygens (including phenoxy) is 2. The molecule has 0 aromatic heterocycles. The fourth-order valence-electron chi connectivity index (χ4n) is 1.98. The fraction of sp³-hybridized carbons (Fsp3) is 0.188. The molecular formula is C16H16Cl2N2O3S. The molecule has 0 aliphatic rings. The van der Waals surface area contributed by atoms with Gasteiger partial charge in [-0.05, 0) is 30.3 Å². The van der Waals surface area contributed by atoms with Crippen molar-refractivity contribution in [2.45, 2.75) is 6.54 Å². The molecule has 128 valence electrons. The van der Waals surface area contributed by atoms with Crippen LogP contribution >= 0.6 is 36.0 Å². The number of thiol groups is 1. The number of nitrogens with zero attached hydrogens (tertiary/aromatic N) is 1. The molecule has 0 unspecified atom stereocenters. The lowest BCUT2D eigenvalue weighted by molar-refractivity contribution is 0.249. The van der Waals surface area contributed by atoms with Crippen molar-refractivity contribution in [3.63, 3.8) is 0 Å². The van der Waals surface area contributed by atoms with Crippen LogP contribution in [0.15, 0.2) is 36.4 Å². The predicted octanol–water partition coefficient (Wildman–Crippen LogP) is 4.57. The SMILES string of the molecule is COc1ccc(CNC(=O)N(S)c2ccc(Cl)c(Cl)c2)c(OC)c1. The monoisotopic (exact) mass is 386 g/mol. The minimum absolute atomic E-state index is 0.268. The standard InChI is InChI=1S/C16H16Cl2N2O3S/c1-22-12-5-3-10(15(8-12)23-2)9-19-16(21)20(24)11-4-6-13(17)14(18)7-11/h3-8,24H,9H2,1-2H3,(H,19,21). The Bertz CT molecular complexity index is 743. The van der Waals surface area contributed by atoms with Crippen molar-refractivity contribution in [3.05, 3.63) is 52.0 Å². The molecule has 2 aromatic rings. The van der Waals surface area contributed by atoms with Crippen molar-refractivity contribution < 1.29 is 14.3 Å². The maximum absolute atomic E-state index is 12.2. The molecule has 0 heterocycles. The number of rotatable bonds is 5. The largest absolute Gasteiger partial charge is 0.497 e. The Morgan fingerprint density at radius 1 is 1.12 bits per heavy atom. The summed E-state index contributed by atoms with van der Waals surface area (Å²) in [7, 11) is 3.13. The molecule has 2 rings (SSSR count). The third kappa shape index (κ3) is 4.41. The van der Waals surface area contributed by atoms with Gasteiger partial charge in [-0.25, -0.2) is 9.10 Å². The molecular weight excluding hydrogens is 371 g/mol. The highest BCUT2D eigenvalue weighted by Crippen LogP contribution is 2.28. The van der Waals surface area contributed by atoms with Crippen LogP contribution in [0, 0.1) is 0 Å². The highest BCUT2D eigenvalue weighted by atomic mass is 35.5. The van der Waals surface area contributed by atoms with Crippen molar-refractivity contribution >= 4 is 47.7 Å². The molecule has 2 amide bonds. The molecule has 24 heavy (non-hydrogen) atoms. The topological polar surface area (TPSA) is 50.8 Å². The van der Waals surface area contributed by atoms with Crippen molar-refractivity contribution in [3.8, 4) is 11.5 Å². The van der Waals surface area contributed by atoms with Gasteiger partial charge in [-0.2, -0.15) is 0 Å². The maximum atomic E-state index is 12.2.